The lowest BCUT2D eigenvalue weighted by atomic mass is 10.2. The van der Waals surface area contributed by atoms with Crippen LogP contribution in [0.1, 0.15) is 12.0 Å². The Balaban J connectivity index is 1.27. The topological polar surface area (TPSA) is 41.4 Å². The molecule has 28 heavy (non-hydrogen) atoms. The molecule has 1 aliphatic rings. The molecule has 0 bridgehead atoms. The molecule has 2 aromatic carbocycles. The monoisotopic (exact) mass is 416 g/mol. The van der Waals surface area contributed by atoms with E-state index in [-0.39, 0.29) is 5.91 Å². The predicted octanol–water partition coefficient (Wildman–Crippen LogP) is 4.08. The molecular weight excluding hydrogens is 395 g/mol. The van der Waals surface area contributed by atoms with Crippen LogP contribution in [0.5, 0.6) is 0 Å². The fraction of sp³-hybridized carbons (Fsp3) is 0.333. The van der Waals surface area contributed by atoms with Gasteiger partial charge in [-0.05, 0) is 35.9 Å². The third-order valence-electron chi connectivity index (χ3n) is 5.19. The van der Waals surface area contributed by atoms with Crippen molar-refractivity contribution < 1.29 is 4.79 Å². The predicted molar refractivity (Wildman–Crippen MR) is 113 cm³/mol. The number of carbonyl (C=O) groups is 1. The lowest BCUT2D eigenvalue weighted by Gasteiger charge is -2.34. The first-order chi connectivity index (χ1) is 13.6. The van der Waals surface area contributed by atoms with Gasteiger partial charge in [0.05, 0.1) is 18.3 Å². The lowest BCUT2D eigenvalue weighted by molar-refractivity contribution is -0.133. The summed E-state index contributed by atoms with van der Waals surface area (Å²) in [7, 11) is 0. The Bertz CT molecular complexity index is 962. The number of hydrogen-bond acceptors (Lipinski definition) is 3. The number of halogens is 2. The highest BCUT2D eigenvalue weighted by Gasteiger charge is 2.21. The Labute approximate surface area is 174 Å². The van der Waals surface area contributed by atoms with Crippen molar-refractivity contribution in [3.8, 4) is 0 Å². The summed E-state index contributed by atoms with van der Waals surface area (Å²) >= 11 is 12.0. The largest absolute Gasteiger partial charge is 0.340 e. The number of benzene rings is 2. The van der Waals surface area contributed by atoms with E-state index in [0.717, 1.165) is 48.6 Å². The number of piperazine rings is 1. The molecule has 0 radical (unpaired) electrons. The van der Waals surface area contributed by atoms with Gasteiger partial charge in [0.15, 0.2) is 0 Å². The van der Waals surface area contributed by atoms with Crippen LogP contribution in [-0.4, -0.2) is 51.7 Å². The van der Waals surface area contributed by atoms with Crippen molar-refractivity contribution >= 4 is 40.0 Å². The molecule has 0 unspecified atom stereocenters. The SMILES string of the molecule is O=C(CCn1ncc2cc(Cl)ccc21)N1CCN(Cc2ccc(Cl)cc2)CC1. The quantitative estimate of drug-likeness (QED) is 0.628. The minimum Gasteiger partial charge on any atom is -0.340 e. The van der Waals surface area contributed by atoms with E-state index in [1.165, 1.54) is 5.56 Å². The van der Waals surface area contributed by atoms with Crippen molar-refractivity contribution in [2.75, 3.05) is 26.2 Å². The summed E-state index contributed by atoms with van der Waals surface area (Å²) in [6, 6.07) is 13.6. The van der Waals surface area contributed by atoms with Crippen LogP contribution >= 0.6 is 23.2 Å². The van der Waals surface area contributed by atoms with Crippen LogP contribution in [-0.2, 0) is 17.9 Å². The number of nitrogens with zero attached hydrogens (tertiary/aromatic N) is 4. The van der Waals surface area contributed by atoms with Crippen molar-refractivity contribution in [2.45, 2.75) is 19.5 Å². The summed E-state index contributed by atoms with van der Waals surface area (Å²) in [6.45, 7) is 4.77. The summed E-state index contributed by atoms with van der Waals surface area (Å²) in [4.78, 5) is 16.9. The number of fused-ring (bicyclic) bond motifs is 1. The van der Waals surface area contributed by atoms with Crippen LogP contribution in [0.3, 0.4) is 0 Å². The first-order valence-corrected chi connectivity index (χ1v) is 10.2. The molecule has 0 saturated carbocycles. The van der Waals surface area contributed by atoms with Gasteiger partial charge >= 0.3 is 0 Å². The standard InChI is InChI=1S/C21H22Cl2N4O/c22-18-3-1-16(2-4-18)15-25-9-11-26(12-10-25)21(28)7-8-27-20-6-5-19(23)13-17(20)14-24-27/h1-6,13-14H,7-12,15H2. The van der Waals surface area contributed by atoms with E-state index in [9.17, 15) is 4.79 Å². The van der Waals surface area contributed by atoms with Gasteiger partial charge in [-0.3, -0.25) is 14.4 Å². The zero-order valence-corrected chi connectivity index (χ0v) is 17.0. The number of aryl methyl sites for hydroxylation is 1. The van der Waals surface area contributed by atoms with Crippen LogP contribution in [0.15, 0.2) is 48.7 Å². The minimum atomic E-state index is 0.184. The van der Waals surface area contributed by atoms with Gasteiger partial charge in [-0.25, -0.2) is 0 Å². The highest BCUT2D eigenvalue weighted by molar-refractivity contribution is 6.31. The molecule has 1 aromatic heterocycles. The Kier molecular flexibility index (Phi) is 5.85. The Morgan fingerprint density at radius 3 is 2.43 bits per heavy atom. The molecule has 0 aliphatic carbocycles. The summed E-state index contributed by atoms with van der Waals surface area (Å²) in [5, 5.41) is 6.84. The fourth-order valence-corrected chi connectivity index (χ4v) is 3.91. The van der Waals surface area contributed by atoms with Gasteiger partial charge in [0.2, 0.25) is 5.91 Å². The number of hydrogen-bond donors (Lipinski definition) is 0. The van der Waals surface area contributed by atoms with Gasteiger partial charge in [-0.2, -0.15) is 5.10 Å². The normalized spacial score (nSPS) is 15.3. The Morgan fingerprint density at radius 1 is 0.964 bits per heavy atom. The molecule has 2 heterocycles. The third-order valence-corrected chi connectivity index (χ3v) is 5.67. The van der Waals surface area contributed by atoms with E-state index >= 15 is 0 Å². The van der Waals surface area contributed by atoms with Crippen LogP contribution in [0.2, 0.25) is 10.0 Å². The van der Waals surface area contributed by atoms with Crippen LogP contribution in [0.4, 0.5) is 0 Å². The highest BCUT2D eigenvalue weighted by Crippen LogP contribution is 2.19. The molecule has 5 nitrogen and oxygen atoms in total. The second kappa shape index (κ2) is 8.52. The maximum atomic E-state index is 12.6. The summed E-state index contributed by atoms with van der Waals surface area (Å²) in [5.74, 6) is 0.184. The van der Waals surface area contributed by atoms with Gasteiger partial charge in [0.25, 0.3) is 0 Å². The number of aromatic nitrogens is 2. The smallest absolute Gasteiger partial charge is 0.224 e. The van der Waals surface area contributed by atoms with Gasteiger partial charge in [0, 0.05) is 54.6 Å². The second-order valence-corrected chi connectivity index (χ2v) is 7.98. The molecule has 7 heteroatoms. The average Bonchev–Trinajstić information content (AvgIpc) is 3.10. The molecule has 1 amide bonds. The molecule has 146 valence electrons. The molecule has 1 saturated heterocycles. The number of rotatable bonds is 5. The van der Waals surface area contributed by atoms with E-state index in [0.29, 0.717) is 18.0 Å². The van der Waals surface area contributed by atoms with Crippen molar-refractivity contribution in [2.24, 2.45) is 0 Å². The van der Waals surface area contributed by atoms with E-state index in [4.69, 9.17) is 23.2 Å². The van der Waals surface area contributed by atoms with Gasteiger partial charge in [0.1, 0.15) is 0 Å². The maximum absolute atomic E-state index is 12.6. The maximum Gasteiger partial charge on any atom is 0.224 e. The van der Waals surface area contributed by atoms with E-state index < -0.39 is 0 Å². The Morgan fingerprint density at radius 2 is 1.68 bits per heavy atom. The summed E-state index contributed by atoms with van der Waals surface area (Å²) in [5.41, 5.74) is 2.25. The molecule has 1 aliphatic heterocycles. The van der Waals surface area contributed by atoms with Gasteiger partial charge < -0.3 is 4.90 Å². The number of carbonyl (C=O) groups excluding carboxylic acids is 1. The van der Waals surface area contributed by atoms with E-state index in [2.05, 4.69) is 22.1 Å². The van der Waals surface area contributed by atoms with E-state index in [1.54, 1.807) is 6.20 Å². The lowest BCUT2D eigenvalue weighted by Crippen LogP contribution is -2.48. The zero-order valence-electron chi connectivity index (χ0n) is 15.5. The minimum absolute atomic E-state index is 0.184. The second-order valence-electron chi connectivity index (χ2n) is 7.10. The summed E-state index contributed by atoms with van der Waals surface area (Å²) < 4.78 is 1.88. The van der Waals surface area contributed by atoms with Crippen molar-refractivity contribution in [3.05, 3.63) is 64.3 Å². The first kappa shape index (κ1) is 19.2. The molecule has 0 N–H and O–H groups in total. The van der Waals surface area contributed by atoms with E-state index in [1.807, 2.05) is 39.9 Å². The molecule has 0 spiro atoms. The highest BCUT2D eigenvalue weighted by atomic mass is 35.5. The molecule has 1 fully saturated rings. The zero-order chi connectivity index (χ0) is 19.5. The van der Waals surface area contributed by atoms with Gasteiger partial charge in [-0.15, -0.1) is 0 Å². The molecular formula is C21H22Cl2N4O. The van der Waals surface area contributed by atoms with Crippen LogP contribution < -0.4 is 0 Å². The first-order valence-electron chi connectivity index (χ1n) is 9.44. The van der Waals surface area contributed by atoms with Crippen LogP contribution in [0.25, 0.3) is 10.9 Å². The third kappa shape index (κ3) is 4.49. The Hall–Kier alpha value is -2.08. The van der Waals surface area contributed by atoms with Crippen molar-refractivity contribution in [1.29, 1.82) is 0 Å². The van der Waals surface area contributed by atoms with Crippen molar-refractivity contribution in [3.63, 3.8) is 0 Å². The molecule has 3 aromatic rings. The summed E-state index contributed by atoms with van der Waals surface area (Å²) in [6.07, 6.45) is 2.25. The average molecular weight is 417 g/mol. The fourth-order valence-electron chi connectivity index (χ4n) is 3.60. The molecule has 4 rings (SSSR count). The number of amides is 1. The van der Waals surface area contributed by atoms with Gasteiger partial charge in [-0.1, -0.05) is 35.3 Å². The van der Waals surface area contributed by atoms with Crippen molar-refractivity contribution in [1.82, 2.24) is 19.6 Å². The van der Waals surface area contributed by atoms with Crippen LogP contribution in [0, 0.1) is 0 Å². The molecule has 0 atom stereocenters.